The topological polar surface area (TPSA) is 51.0 Å². The van der Waals surface area contributed by atoms with Gasteiger partial charge < -0.3 is 4.90 Å². The molecule has 0 spiro atoms. The van der Waals surface area contributed by atoms with Crippen LogP contribution in [-0.2, 0) is 6.54 Å². The van der Waals surface area contributed by atoms with Crippen LogP contribution in [0.2, 0.25) is 0 Å². The highest BCUT2D eigenvalue weighted by atomic mass is 16.2. The van der Waals surface area contributed by atoms with Gasteiger partial charge in [-0.05, 0) is 51.2 Å². The maximum absolute atomic E-state index is 13.7. The van der Waals surface area contributed by atoms with Crippen LogP contribution in [0.15, 0.2) is 42.6 Å². The molecule has 2 fully saturated rings. The highest BCUT2D eigenvalue weighted by Gasteiger charge is 2.35. The van der Waals surface area contributed by atoms with Crippen molar-refractivity contribution in [2.75, 3.05) is 0 Å². The number of aromatic nitrogens is 3. The van der Waals surface area contributed by atoms with E-state index < -0.39 is 0 Å². The van der Waals surface area contributed by atoms with E-state index in [1.54, 1.807) is 0 Å². The first kappa shape index (κ1) is 17.4. The second-order valence-corrected chi connectivity index (χ2v) is 8.44. The first-order valence-corrected chi connectivity index (χ1v) is 10.3. The molecule has 2 heterocycles. The van der Waals surface area contributed by atoms with Crippen LogP contribution in [-0.4, -0.2) is 31.6 Å². The number of rotatable bonds is 6. The molecule has 144 valence electrons. The maximum Gasteiger partial charge on any atom is 0.255 e. The molecule has 2 aromatic heterocycles. The van der Waals surface area contributed by atoms with Gasteiger partial charge in [0.15, 0.2) is 5.65 Å². The molecule has 2 aliphatic carbocycles. The molecular weight excluding hydrogens is 348 g/mol. The minimum absolute atomic E-state index is 0.115. The lowest BCUT2D eigenvalue weighted by Gasteiger charge is -2.23. The lowest BCUT2D eigenvalue weighted by molar-refractivity contribution is 0.0731. The standard InChI is InChI=1S/C23H26N4O/c1-15(2)27-22-20(13-24-27)19(12-21(25-22)17-8-9-17)23(28)26(18-10-11-18)14-16-6-4-3-5-7-16/h3-7,12-13,15,17-18H,8-11,14H2,1-2H3. The smallest absolute Gasteiger partial charge is 0.255 e. The van der Waals surface area contributed by atoms with Gasteiger partial charge in [-0.25, -0.2) is 9.67 Å². The minimum Gasteiger partial charge on any atom is -0.331 e. The molecule has 0 atom stereocenters. The molecule has 0 N–H and O–H groups in total. The summed E-state index contributed by atoms with van der Waals surface area (Å²) in [6, 6.07) is 12.9. The molecule has 0 bridgehead atoms. The van der Waals surface area contributed by atoms with Gasteiger partial charge in [-0.15, -0.1) is 0 Å². The average molecular weight is 374 g/mol. The monoisotopic (exact) mass is 374 g/mol. The second-order valence-electron chi connectivity index (χ2n) is 8.44. The maximum atomic E-state index is 13.7. The third-order valence-corrected chi connectivity index (χ3v) is 5.75. The zero-order valence-corrected chi connectivity index (χ0v) is 16.5. The van der Waals surface area contributed by atoms with Crippen molar-refractivity contribution in [3.63, 3.8) is 0 Å². The molecule has 0 unspecified atom stereocenters. The van der Waals surface area contributed by atoms with Gasteiger partial charge in [-0.1, -0.05) is 30.3 Å². The van der Waals surface area contributed by atoms with E-state index >= 15 is 0 Å². The molecule has 0 aliphatic heterocycles. The Labute approximate surface area is 165 Å². The third kappa shape index (κ3) is 3.19. The number of hydrogen-bond donors (Lipinski definition) is 0. The molecule has 28 heavy (non-hydrogen) atoms. The molecule has 0 saturated heterocycles. The van der Waals surface area contributed by atoms with Gasteiger partial charge >= 0.3 is 0 Å². The molecule has 2 aliphatic rings. The van der Waals surface area contributed by atoms with Crippen LogP contribution in [0.5, 0.6) is 0 Å². The number of carbonyl (C=O) groups is 1. The van der Waals surface area contributed by atoms with E-state index in [0.29, 0.717) is 18.5 Å². The van der Waals surface area contributed by atoms with Gasteiger partial charge in [0, 0.05) is 30.2 Å². The molecule has 1 aromatic carbocycles. The number of fused-ring (bicyclic) bond motifs is 1. The van der Waals surface area contributed by atoms with Crippen LogP contribution in [0.4, 0.5) is 0 Å². The summed E-state index contributed by atoms with van der Waals surface area (Å²) in [5.74, 6) is 0.610. The molecule has 1 amide bonds. The number of hydrogen-bond acceptors (Lipinski definition) is 3. The van der Waals surface area contributed by atoms with E-state index in [2.05, 4.69) is 31.1 Å². The summed E-state index contributed by atoms with van der Waals surface area (Å²) in [6.07, 6.45) is 6.33. The second kappa shape index (κ2) is 6.73. The summed E-state index contributed by atoms with van der Waals surface area (Å²) < 4.78 is 1.94. The van der Waals surface area contributed by atoms with Gasteiger partial charge in [0.2, 0.25) is 0 Å². The van der Waals surface area contributed by atoms with Crippen LogP contribution in [0, 0.1) is 0 Å². The van der Waals surface area contributed by atoms with Crippen molar-refractivity contribution in [1.29, 1.82) is 0 Å². The summed E-state index contributed by atoms with van der Waals surface area (Å²) in [7, 11) is 0. The summed E-state index contributed by atoms with van der Waals surface area (Å²) in [6.45, 7) is 4.86. The molecule has 2 saturated carbocycles. The predicted octanol–water partition coefficient (Wildman–Crippen LogP) is 4.69. The molecule has 5 heteroatoms. The summed E-state index contributed by atoms with van der Waals surface area (Å²) in [5, 5.41) is 5.42. The Morgan fingerprint density at radius 1 is 1.18 bits per heavy atom. The minimum atomic E-state index is 0.115. The highest BCUT2D eigenvalue weighted by Crippen LogP contribution is 2.41. The number of nitrogens with zero attached hydrogens (tertiary/aromatic N) is 4. The van der Waals surface area contributed by atoms with E-state index in [4.69, 9.17) is 4.98 Å². The normalized spacial score (nSPS) is 16.7. The van der Waals surface area contributed by atoms with E-state index in [-0.39, 0.29) is 11.9 Å². The van der Waals surface area contributed by atoms with Crippen molar-refractivity contribution in [3.8, 4) is 0 Å². The molecular formula is C23H26N4O. The van der Waals surface area contributed by atoms with Crippen molar-refractivity contribution in [2.24, 2.45) is 0 Å². The van der Waals surface area contributed by atoms with Crippen LogP contribution >= 0.6 is 0 Å². The third-order valence-electron chi connectivity index (χ3n) is 5.75. The first-order chi connectivity index (χ1) is 13.6. The fourth-order valence-corrected chi connectivity index (χ4v) is 3.87. The number of pyridine rings is 1. The first-order valence-electron chi connectivity index (χ1n) is 10.3. The van der Waals surface area contributed by atoms with Crippen molar-refractivity contribution >= 4 is 16.9 Å². The van der Waals surface area contributed by atoms with Crippen molar-refractivity contribution in [1.82, 2.24) is 19.7 Å². The molecule has 5 rings (SSSR count). The van der Waals surface area contributed by atoms with Gasteiger partial charge in [-0.3, -0.25) is 4.79 Å². The molecule has 0 radical (unpaired) electrons. The van der Waals surface area contributed by atoms with Gasteiger partial charge in [-0.2, -0.15) is 5.10 Å². The van der Waals surface area contributed by atoms with Crippen LogP contribution in [0.3, 0.4) is 0 Å². The highest BCUT2D eigenvalue weighted by molar-refractivity contribution is 6.05. The van der Waals surface area contributed by atoms with E-state index in [1.807, 2.05) is 40.0 Å². The van der Waals surface area contributed by atoms with Crippen LogP contribution in [0.25, 0.3) is 11.0 Å². The Morgan fingerprint density at radius 2 is 1.93 bits per heavy atom. The van der Waals surface area contributed by atoms with E-state index in [0.717, 1.165) is 48.0 Å². The summed E-state index contributed by atoms with van der Waals surface area (Å²) in [4.78, 5) is 20.6. The van der Waals surface area contributed by atoms with Gasteiger partial charge in [0.1, 0.15) is 0 Å². The Hall–Kier alpha value is -2.69. The van der Waals surface area contributed by atoms with Crippen molar-refractivity contribution in [2.45, 2.75) is 64.1 Å². The largest absolute Gasteiger partial charge is 0.331 e. The van der Waals surface area contributed by atoms with Gasteiger partial charge in [0.05, 0.1) is 17.1 Å². The fourth-order valence-electron chi connectivity index (χ4n) is 3.87. The van der Waals surface area contributed by atoms with Crippen LogP contribution < -0.4 is 0 Å². The summed E-state index contributed by atoms with van der Waals surface area (Å²) in [5.41, 5.74) is 3.84. The van der Waals surface area contributed by atoms with Crippen LogP contribution in [0.1, 0.15) is 73.1 Å². The zero-order valence-electron chi connectivity index (χ0n) is 16.5. The summed E-state index contributed by atoms with van der Waals surface area (Å²) >= 11 is 0. The van der Waals surface area contributed by atoms with Crippen molar-refractivity contribution < 1.29 is 4.79 Å². The molecule has 3 aromatic rings. The molecule has 5 nitrogen and oxygen atoms in total. The Balaban J connectivity index is 1.57. The lowest BCUT2D eigenvalue weighted by Crippen LogP contribution is -2.32. The Bertz CT molecular complexity index is 1020. The predicted molar refractivity (Wildman–Crippen MR) is 109 cm³/mol. The Kier molecular flexibility index (Phi) is 4.18. The van der Waals surface area contributed by atoms with E-state index in [1.165, 1.54) is 5.56 Å². The SMILES string of the molecule is CC(C)n1ncc2c(C(=O)N(Cc3ccccc3)C3CC3)cc(C3CC3)nc21. The zero-order chi connectivity index (χ0) is 19.3. The lowest BCUT2D eigenvalue weighted by atomic mass is 10.1. The van der Waals surface area contributed by atoms with Crippen molar-refractivity contribution in [3.05, 3.63) is 59.4 Å². The van der Waals surface area contributed by atoms with Gasteiger partial charge in [0.25, 0.3) is 5.91 Å². The Morgan fingerprint density at radius 3 is 2.57 bits per heavy atom. The number of amides is 1. The average Bonchev–Trinajstić information content (AvgIpc) is 3.62. The fraction of sp³-hybridized carbons (Fsp3) is 0.435. The number of carbonyl (C=O) groups excluding carboxylic acids is 1. The van der Waals surface area contributed by atoms with E-state index in [9.17, 15) is 4.79 Å². The quantitative estimate of drug-likeness (QED) is 0.629. The number of benzene rings is 1.